The molecule has 0 N–H and O–H groups in total. The van der Waals surface area contributed by atoms with E-state index in [2.05, 4.69) is 15.0 Å². The molecule has 0 spiro atoms. The summed E-state index contributed by atoms with van der Waals surface area (Å²) in [5, 5.41) is 3.90. The van der Waals surface area contributed by atoms with Gasteiger partial charge in [0.05, 0.1) is 6.54 Å². The highest BCUT2D eigenvalue weighted by atomic mass is 32.2. The quantitative estimate of drug-likeness (QED) is 0.768. The van der Waals surface area contributed by atoms with Crippen molar-refractivity contribution >= 4 is 23.7 Å². The maximum Gasteiger partial charge on any atom is 0.324 e. The molecule has 1 atom stereocenters. The maximum absolute atomic E-state index is 12.4. The summed E-state index contributed by atoms with van der Waals surface area (Å²) in [6, 6.07) is -0.271. The first-order chi connectivity index (χ1) is 10.3. The van der Waals surface area contributed by atoms with Crippen molar-refractivity contribution in [2.24, 2.45) is 0 Å². The fourth-order valence-electron chi connectivity index (χ4n) is 2.08. The Morgan fingerprint density at radius 1 is 1.50 bits per heavy atom. The van der Waals surface area contributed by atoms with E-state index in [0.29, 0.717) is 18.4 Å². The van der Waals surface area contributed by atoms with E-state index in [9.17, 15) is 4.79 Å². The van der Waals surface area contributed by atoms with Gasteiger partial charge >= 0.3 is 5.97 Å². The van der Waals surface area contributed by atoms with Crippen LogP contribution in [-0.4, -0.2) is 64.8 Å². The fraction of sp³-hybridized carbons (Fsp3) is 0.786. The molecular weight excluding hydrogens is 304 g/mol. The minimum absolute atomic E-state index is 0.188. The first-order valence-corrected chi connectivity index (χ1v) is 8.46. The molecule has 1 aromatic rings. The van der Waals surface area contributed by atoms with Crippen molar-refractivity contribution in [2.75, 3.05) is 37.0 Å². The van der Waals surface area contributed by atoms with Gasteiger partial charge in [-0.05, 0) is 25.9 Å². The van der Waals surface area contributed by atoms with Gasteiger partial charge in [-0.3, -0.25) is 9.69 Å². The van der Waals surface area contributed by atoms with Crippen LogP contribution >= 0.6 is 11.8 Å². The molecule has 1 aromatic heterocycles. The van der Waals surface area contributed by atoms with Crippen molar-refractivity contribution in [3.63, 3.8) is 0 Å². The number of thioether (sulfide) groups is 1. The first-order valence-electron chi connectivity index (χ1n) is 7.31. The fourth-order valence-corrected chi connectivity index (χ4v) is 3.18. The van der Waals surface area contributed by atoms with Gasteiger partial charge in [0.2, 0.25) is 5.89 Å². The van der Waals surface area contributed by atoms with Crippen LogP contribution in [0.5, 0.6) is 0 Å². The van der Waals surface area contributed by atoms with Crippen LogP contribution < -0.4 is 4.90 Å². The summed E-state index contributed by atoms with van der Waals surface area (Å²) >= 11 is 1.76. The maximum atomic E-state index is 12.4. The number of carbonyl (C=O) groups excluding carboxylic acids is 1. The molecule has 2 heterocycles. The standard InChI is InChI=1S/C14H24N4O3S/c1-14(2,3)20-12(19)10-9-22-7-6-18(10)8-11-15-13(16-21-11)17(4)5/h10H,6-9H2,1-5H3/t10-/m0/s1. The zero-order valence-electron chi connectivity index (χ0n) is 13.8. The molecule has 0 aliphatic carbocycles. The van der Waals surface area contributed by atoms with Gasteiger partial charge in [-0.1, -0.05) is 0 Å². The van der Waals surface area contributed by atoms with E-state index >= 15 is 0 Å². The topological polar surface area (TPSA) is 71.7 Å². The van der Waals surface area contributed by atoms with E-state index in [1.807, 2.05) is 34.9 Å². The smallest absolute Gasteiger partial charge is 0.324 e. The van der Waals surface area contributed by atoms with Gasteiger partial charge in [0.1, 0.15) is 11.6 Å². The number of ether oxygens (including phenoxy) is 1. The van der Waals surface area contributed by atoms with E-state index in [1.54, 1.807) is 16.7 Å². The van der Waals surface area contributed by atoms with Gasteiger partial charge < -0.3 is 14.2 Å². The molecule has 1 saturated heterocycles. The molecule has 124 valence electrons. The molecule has 0 amide bonds. The molecule has 7 nitrogen and oxygen atoms in total. The van der Waals surface area contributed by atoms with Crippen molar-refractivity contribution < 1.29 is 14.1 Å². The lowest BCUT2D eigenvalue weighted by molar-refractivity contribution is -0.161. The van der Waals surface area contributed by atoms with Gasteiger partial charge in [-0.15, -0.1) is 0 Å². The second kappa shape index (κ2) is 6.87. The third kappa shape index (κ3) is 4.61. The van der Waals surface area contributed by atoms with Gasteiger partial charge in [-0.25, -0.2) is 0 Å². The first kappa shape index (κ1) is 17.1. The van der Waals surface area contributed by atoms with Crippen LogP contribution in [-0.2, 0) is 16.1 Å². The Kier molecular flexibility index (Phi) is 5.33. The third-order valence-electron chi connectivity index (χ3n) is 3.11. The number of rotatable bonds is 4. The average Bonchev–Trinajstić information content (AvgIpc) is 2.86. The summed E-state index contributed by atoms with van der Waals surface area (Å²) in [5.74, 6) is 2.57. The van der Waals surface area contributed by atoms with E-state index in [1.165, 1.54) is 0 Å². The highest BCUT2D eigenvalue weighted by Crippen LogP contribution is 2.22. The predicted molar refractivity (Wildman–Crippen MR) is 86.0 cm³/mol. The van der Waals surface area contributed by atoms with Crippen molar-refractivity contribution in [3.05, 3.63) is 5.89 Å². The second-order valence-electron chi connectivity index (χ2n) is 6.48. The minimum Gasteiger partial charge on any atom is -0.459 e. The van der Waals surface area contributed by atoms with Crippen LogP contribution in [0.4, 0.5) is 5.95 Å². The normalized spacial score (nSPS) is 20.0. The van der Waals surface area contributed by atoms with Crippen molar-refractivity contribution in [2.45, 2.75) is 39.0 Å². The summed E-state index contributed by atoms with van der Waals surface area (Å²) in [7, 11) is 3.71. The van der Waals surface area contributed by atoms with Gasteiger partial charge in [0.25, 0.3) is 5.95 Å². The molecule has 2 rings (SSSR count). The Hall–Kier alpha value is -1.28. The van der Waals surface area contributed by atoms with Crippen LogP contribution in [0, 0.1) is 0 Å². The van der Waals surface area contributed by atoms with Gasteiger partial charge in [0.15, 0.2) is 0 Å². The zero-order chi connectivity index (χ0) is 16.3. The number of hydrogen-bond donors (Lipinski definition) is 0. The Balaban J connectivity index is 2.04. The number of anilines is 1. The molecule has 1 fully saturated rings. The molecule has 0 saturated carbocycles. The molecule has 0 radical (unpaired) electrons. The summed E-state index contributed by atoms with van der Waals surface area (Å²) < 4.78 is 10.8. The molecule has 0 bridgehead atoms. The van der Waals surface area contributed by atoms with Crippen molar-refractivity contribution in [1.29, 1.82) is 0 Å². The number of esters is 1. The predicted octanol–water partition coefficient (Wildman–Crippen LogP) is 1.39. The van der Waals surface area contributed by atoms with Crippen LogP contribution in [0.15, 0.2) is 4.52 Å². The Labute approximate surface area is 135 Å². The number of aromatic nitrogens is 2. The summed E-state index contributed by atoms with van der Waals surface area (Å²) in [6.07, 6.45) is 0. The molecule has 1 aliphatic rings. The van der Waals surface area contributed by atoms with Crippen molar-refractivity contribution in [1.82, 2.24) is 15.0 Å². The van der Waals surface area contributed by atoms with Crippen LogP contribution in [0.1, 0.15) is 26.7 Å². The summed E-state index contributed by atoms with van der Waals surface area (Å²) in [4.78, 5) is 20.5. The highest BCUT2D eigenvalue weighted by Gasteiger charge is 2.33. The highest BCUT2D eigenvalue weighted by molar-refractivity contribution is 7.99. The minimum atomic E-state index is -0.479. The Morgan fingerprint density at radius 2 is 2.23 bits per heavy atom. The molecule has 8 heteroatoms. The van der Waals surface area contributed by atoms with Gasteiger partial charge in [-0.2, -0.15) is 16.7 Å². The van der Waals surface area contributed by atoms with E-state index in [-0.39, 0.29) is 12.0 Å². The monoisotopic (exact) mass is 328 g/mol. The molecule has 22 heavy (non-hydrogen) atoms. The van der Waals surface area contributed by atoms with Crippen LogP contribution in [0.3, 0.4) is 0 Å². The summed E-state index contributed by atoms with van der Waals surface area (Å²) in [5.41, 5.74) is -0.479. The van der Waals surface area contributed by atoms with E-state index in [0.717, 1.165) is 18.1 Å². The molecule has 0 aromatic carbocycles. The van der Waals surface area contributed by atoms with Crippen LogP contribution in [0.2, 0.25) is 0 Å². The summed E-state index contributed by atoms with van der Waals surface area (Å²) in [6.45, 7) is 6.91. The average molecular weight is 328 g/mol. The molecule has 1 aliphatic heterocycles. The van der Waals surface area contributed by atoms with Crippen LogP contribution in [0.25, 0.3) is 0 Å². The number of carbonyl (C=O) groups is 1. The largest absolute Gasteiger partial charge is 0.459 e. The number of hydrogen-bond acceptors (Lipinski definition) is 8. The SMILES string of the molecule is CN(C)c1noc(CN2CCSC[C@H]2C(=O)OC(C)(C)C)n1. The lowest BCUT2D eigenvalue weighted by atomic mass is 10.2. The third-order valence-corrected chi connectivity index (χ3v) is 4.14. The second-order valence-corrected chi connectivity index (χ2v) is 7.63. The van der Waals surface area contributed by atoms with Gasteiger partial charge in [0, 0.05) is 32.1 Å². The van der Waals surface area contributed by atoms with E-state index < -0.39 is 5.60 Å². The Bertz CT molecular complexity index is 512. The lowest BCUT2D eigenvalue weighted by Crippen LogP contribution is -2.49. The lowest BCUT2D eigenvalue weighted by Gasteiger charge is -2.34. The van der Waals surface area contributed by atoms with E-state index in [4.69, 9.17) is 9.26 Å². The molecular formula is C14H24N4O3S. The molecule has 0 unspecified atom stereocenters. The van der Waals surface area contributed by atoms with Crippen molar-refractivity contribution in [3.8, 4) is 0 Å². The Morgan fingerprint density at radius 3 is 2.82 bits per heavy atom. The zero-order valence-corrected chi connectivity index (χ0v) is 14.6. The number of nitrogens with zero attached hydrogens (tertiary/aromatic N) is 4.